The number of carboxylic acid groups (broad SMARTS) is 1. The highest BCUT2D eigenvalue weighted by atomic mass is 35.5. The van der Waals surface area contributed by atoms with Crippen LogP contribution in [0.2, 0.25) is 5.02 Å². The molecule has 3 aromatic rings. The van der Waals surface area contributed by atoms with Crippen LogP contribution < -0.4 is 5.56 Å². The fraction of sp³-hybridized carbons (Fsp3) is 0.0714. The quantitative estimate of drug-likeness (QED) is 0.805. The maximum absolute atomic E-state index is 12.2. The SMILES string of the molecule is O=C(O)Cn1cnc2sc(-c3ccc(Cl)cc3)cc2c1=O. The minimum absolute atomic E-state index is 0.348. The Hall–Kier alpha value is -2.18. The van der Waals surface area contributed by atoms with E-state index in [4.69, 9.17) is 16.7 Å². The Morgan fingerprint density at radius 3 is 2.71 bits per heavy atom. The number of thiophene rings is 1. The first kappa shape index (κ1) is 13.8. The third-order valence-corrected chi connectivity index (χ3v) is 4.30. The number of nitrogens with zero attached hydrogens (tertiary/aromatic N) is 2. The molecule has 106 valence electrons. The summed E-state index contributed by atoms with van der Waals surface area (Å²) in [4.78, 5) is 28.6. The summed E-state index contributed by atoms with van der Waals surface area (Å²) in [5, 5.41) is 9.84. The highest BCUT2D eigenvalue weighted by molar-refractivity contribution is 7.21. The third kappa shape index (κ3) is 2.68. The second-order valence-corrected chi connectivity index (χ2v) is 5.87. The first-order valence-corrected chi connectivity index (χ1v) is 7.21. The molecule has 0 fully saturated rings. The van der Waals surface area contributed by atoms with Crippen LogP contribution in [0.25, 0.3) is 20.7 Å². The van der Waals surface area contributed by atoms with Crippen LogP contribution in [0, 0.1) is 0 Å². The highest BCUT2D eigenvalue weighted by Gasteiger charge is 2.11. The molecule has 3 rings (SSSR count). The molecule has 2 aromatic heterocycles. The number of rotatable bonds is 3. The van der Waals surface area contributed by atoms with Gasteiger partial charge < -0.3 is 5.11 Å². The van der Waals surface area contributed by atoms with Crippen LogP contribution in [0.5, 0.6) is 0 Å². The van der Waals surface area contributed by atoms with Gasteiger partial charge in [-0.05, 0) is 23.8 Å². The van der Waals surface area contributed by atoms with Crippen molar-refractivity contribution in [2.24, 2.45) is 0 Å². The topological polar surface area (TPSA) is 72.2 Å². The monoisotopic (exact) mass is 320 g/mol. The summed E-state index contributed by atoms with van der Waals surface area (Å²) in [6.45, 7) is -0.395. The van der Waals surface area contributed by atoms with Gasteiger partial charge in [0.05, 0.1) is 11.7 Å². The van der Waals surface area contributed by atoms with E-state index in [1.165, 1.54) is 17.7 Å². The Morgan fingerprint density at radius 2 is 2.05 bits per heavy atom. The Labute approximate surface area is 128 Å². The maximum Gasteiger partial charge on any atom is 0.323 e. The molecule has 0 amide bonds. The fourth-order valence-electron chi connectivity index (χ4n) is 1.97. The number of hydrogen-bond donors (Lipinski definition) is 1. The Balaban J connectivity index is 2.12. The highest BCUT2D eigenvalue weighted by Crippen LogP contribution is 2.31. The van der Waals surface area contributed by atoms with Gasteiger partial charge in [-0.15, -0.1) is 11.3 Å². The van der Waals surface area contributed by atoms with Crippen molar-refractivity contribution in [1.29, 1.82) is 0 Å². The zero-order valence-electron chi connectivity index (χ0n) is 10.6. The van der Waals surface area contributed by atoms with Gasteiger partial charge in [0.2, 0.25) is 0 Å². The van der Waals surface area contributed by atoms with Crippen molar-refractivity contribution in [3.8, 4) is 10.4 Å². The van der Waals surface area contributed by atoms with E-state index in [0.717, 1.165) is 15.0 Å². The van der Waals surface area contributed by atoms with E-state index in [9.17, 15) is 9.59 Å². The lowest BCUT2D eigenvalue weighted by atomic mass is 10.2. The van der Waals surface area contributed by atoms with E-state index in [1.54, 1.807) is 18.2 Å². The molecular formula is C14H9ClN2O3S. The number of carbonyl (C=O) groups is 1. The average Bonchev–Trinajstić information content (AvgIpc) is 2.87. The molecule has 0 radical (unpaired) electrons. The van der Waals surface area contributed by atoms with E-state index < -0.39 is 12.5 Å². The molecule has 0 spiro atoms. The molecule has 0 aliphatic heterocycles. The van der Waals surface area contributed by atoms with Crippen LogP contribution in [0.15, 0.2) is 41.5 Å². The lowest BCUT2D eigenvalue weighted by molar-refractivity contribution is -0.137. The first-order chi connectivity index (χ1) is 10.0. The summed E-state index contributed by atoms with van der Waals surface area (Å²) in [5.41, 5.74) is 0.588. The number of fused-ring (bicyclic) bond motifs is 1. The summed E-state index contributed by atoms with van der Waals surface area (Å²) in [6, 6.07) is 9.01. The number of benzene rings is 1. The van der Waals surface area contributed by atoms with Gasteiger partial charge in [0.25, 0.3) is 5.56 Å². The van der Waals surface area contributed by atoms with E-state index in [0.29, 0.717) is 15.2 Å². The van der Waals surface area contributed by atoms with Gasteiger partial charge in [0, 0.05) is 9.90 Å². The van der Waals surface area contributed by atoms with Gasteiger partial charge >= 0.3 is 5.97 Å². The summed E-state index contributed by atoms with van der Waals surface area (Å²) in [7, 11) is 0. The molecule has 1 N–H and O–H groups in total. The third-order valence-electron chi connectivity index (χ3n) is 2.95. The fourth-order valence-corrected chi connectivity index (χ4v) is 3.10. The van der Waals surface area contributed by atoms with Crippen LogP contribution >= 0.6 is 22.9 Å². The average molecular weight is 321 g/mol. The predicted molar refractivity (Wildman–Crippen MR) is 82.0 cm³/mol. The van der Waals surface area contributed by atoms with Crippen molar-refractivity contribution in [2.75, 3.05) is 0 Å². The number of carboxylic acids is 1. The Bertz CT molecular complexity index is 883. The zero-order chi connectivity index (χ0) is 15.0. The van der Waals surface area contributed by atoms with Crippen molar-refractivity contribution < 1.29 is 9.90 Å². The van der Waals surface area contributed by atoms with Gasteiger partial charge in [-0.2, -0.15) is 0 Å². The number of halogens is 1. The molecule has 0 unspecified atom stereocenters. The minimum Gasteiger partial charge on any atom is -0.480 e. The molecule has 0 aliphatic rings. The first-order valence-electron chi connectivity index (χ1n) is 6.01. The Kier molecular flexibility index (Phi) is 3.48. The summed E-state index contributed by atoms with van der Waals surface area (Å²) < 4.78 is 1.09. The molecule has 5 nitrogen and oxygen atoms in total. The van der Waals surface area contributed by atoms with Crippen LogP contribution in [-0.2, 0) is 11.3 Å². The number of hydrogen-bond acceptors (Lipinski definition) is 4. The summed E-state index contributed by atoms with van der Waals surface area (Å²) in [6.07, 6.45) is 1.26. The van der Waals surface area contributed by atoms with Crippen LogP contribution in [0.4, 0.5) is 0 Å². The molecule has 0 saturated heterocycles. The molecule has 21 heavy (non-hydrogen) atoms. The second kappa shape index (κ2) is 5.31. The molecule has 0 atom stereocenters. The van der Waals surface area contributed by atoms with Gasteiger partial charge in [-0.25, -0.2) is 4.98 Å². The zero-order valence-corrected chi connectivity index (χ0v) is 12.2. The summed E-state index contributed by atoms with van der Waals surface area (Å²) in [5.74, 6) is -1.08. The standard InChI is InChI=1S/C14H9ClN2O3S/c15-9-3-1-8(2-4-9)11-5-10-13(21-11)16-7-17(14(10)20)6-12(18)19/h1-5,7H,6H2,(H,18,19). The van der Waals surface area contributed by atoms with Gasteiger partial charge in [0.1, 0.15) is 11.4 Å². The maximum atomic E-state index is 12.2. The van der Waals surface area contributed by atoms with Crippen molar-refractivity contribution in [3.63, 3.8) is 0 Å². The van der Waals surface area contributed by atoms with E-state index >= 15 is 0 Å². The lowest BCUT2D eigenvalue weighted by Gasteiger charge is -1.99. The van der Waals surface area contributed by atoms with E-state index in [1.807, 2.05) is 12.1 Å². The van der Waals surface area contributed by atoms with Crippen LogP contribution in [-0.4, -0.2) is 20.6 Å². The largest absolute Gasteiger partial charge is 0.480 e. The van der Waals surface area contributed by atoms with Gasteiger partial charge in [-0.1, -0.05) is 23.7 Å². The van der Waals surface area contributed by atoms with Gasteiger partial charge in [-0.3, -0.25) is 14.2 Å². The second-order valence-electron chi connectivity index (χ2n) is 4.41. The van der Waals surface area contributed by atoms with Gasteiger partial charge in [0.15, 0.2) is 0 Å². The Morgan fingerprint density at radius 1 is 1.33 bits per heavy atom. The van der Waals surface area contributed by atoms with Crippen molar-refractivity contribution in [2.45, 2.75) is 6.54 Å². The van der Waals surface area contributed by atoms with Crippen molar-refractivity contribution >= 4 is 39.1 Å². The smallest absolute Gasteiger partial charge is 0.323 e. The molecule has 2 heterocycles. The normalized spacial score (nSPS) is 10.9. The van der Waals surface area contributed by atoms with Crippen LogP contribution in [0.1, 0.15) is 0 Å². The predicted octanol–water partition coefficient (Wildman–Crippen LogP) is 2.86. The molecule has 0 saturated carbocycles. The molecular weight excluding hydrogens is 312 g/mol. The molecule has 7 heteroatoms. The number of aliphatic carboxylic acids is 1. The summed E-state index contributed by atoms with van der Waals surface area (Å²) >= 11 is 7.24. The lowest BCUT2D eigenvalue weighted by Crippen LogP contribution is -2.23. The number of aromatic nitrogens is 2. The van der Waals surface area contributed by atoms with Crippen LogP contribution in [0.3, 0.4) is 0 Å². The van der Waals surface area contributed by atoms with E-state index in [-0.39, 0.29) is 5.56 Å². The van der Waals surface area contributed by atoms with Crippen molar-refractivity contribution in [3.05, 3.63) is 52.0 Å². The molecule has 0 aliphatic carbocycles. The molecule has 0 bridgehead atoms. The van der Waals surface area contributed by atoms with E-state index in [2.05, 4.69) is 4.98 Å². The molecule has 1 aromatic carbocycles. The van der Waals surface area contributed by atoms with Crippen molar-refractivity contribution in [1.82, 2.24) is 9.55 Å². The minimum atomic E-state index is -1.08.